The second-order valence-electron chi connectivity index (χ2n) is 13.0. The van der Waals surface area contributed by atoms with E-state index in [1.165, 1.54) is 76.2 Å². The third-order valence-corrected chi connectivity index (χ3v) is 11.6. The highest BCUT2D eigenvalue weighted by molar-refractivity contribution is 5.66. The van der Waals surface area contributed by atoms with E-state index in [9.17, 15) is 9.90 Å². The van der Waals surface area contributed by atoms with Crippen molar-refractivity contribution in [3.8, 4) is 5.75 Å². The zero-order valence-corrected chi connectivity index (χ0v) is 22.7. The predicted octanol–water partition coefficient (Wildman–Crippen LogP) is 7.66. The molecule has 4 nitrogen and oxygen atoms in total. The van der Waals surface area contributed by atoms with Crippen molar-refractivity contribution >= 4 is 5.97 Å². The van der Waals surface area contributed by atoms with Crippen LogP contribution in [0.1, 0.15) is 127 Å². The molecule has 0 amide bonds. The van der Waals surface area contributed by atoms with Gasteiger partial charge < -0.3 is 14.9 Å². The first-order valence-electron chi connectivity index (χ1n) is 14.9. The fraction of sp³-hybridized carbons (Fsp3) is 0.781. The van der Waals surface area contributed by atoms with Gasteiger partial charge in [0.2, 0.25) is 0 Å². The Labute approximate surface area is 218 Å². The number of hydrogen-bond donors (Lipinski definition) is 2. The van der Waals surface area contributed by atoms with Crippen molar-refractivity contribution in [3.05, 3.63) is 29.3 Å². The molecule has 0 spiro atoms. The maximum atomic E-state index is 11.8. The average Bonchev–Trinajstić information content (AvgIpc) is 3.24. The van der Waals surface area contributed by atoms with E-state index in [2.05, 4.69) is 25.1 Å². The molecule has 2 unspecified atom stereocenters. The maximum Gasteiger partial charge on any atom is 0.303 e. The summed E-state index contributed by atoms with van der Waals surface area (Å²) < 4.78 is 5.57. The van der Waals surface area contributed by atoms with Gasteiger partial charge in [-0.1, -0.05) is 57.9 Å². The van der Waals surface area contributed by atoms with Crippen LogP contribution < -0.4 is 4.74 Å². The van der Waals surface area contributed by atoms with Gasteiger partial charge in [0.05, 0.1) is 12.7 Å². The third kappa shape index (κ3) is 4.29. The third-order valence-electron chi connectivity index (χ3n) is 11.6. The van der Waals surface area contributed by atoms with Crippen LogP contribution >= 0.6 is 0 Å². The van der Waals surface area contributed by atoms with Crippen molar-refractivity contribution in [3.63, 3.8) is 0 Å². The monoisotopic (exact) mass is 496 g/mol. The van der Waals surface area contributed by atoms with E-state index >= 15 is 0 Å². The molecule has 4 aliphatic carbocycles. The number of fused-ring (bicyclic) bond motifs is 3. The Morgan fingerprint density at radius 3 is 2.33 bits per heavy atom. The molecular weight excluding hydrogens is 448 g/mol. The lowest BCUT2D eigenvalue weighted by Gasteiger charge is -2.59. The summed E-state index contributed by atoms with van der Waals surface area (Å²) in [5.74, 6) is 2.34. The van der Waals surface area contributed by atoms with E-state index < -0.39 is 11.6 Å². The van der Waals surface area contributed by atoms with E-state index in [-0.39, 0.29) is 5.41 Å². The summed E-state index contributed by atoms with van der Waals surface area (Å²) in [5, 5.41) is 20.5. The first kappa shape index (κ1) is 26.1. The molecular formula is C32H48O4. The number of aliphatic carboxylic acids is 1. The summed E-state index contributed by atoms with van der Waals surface area (Å²) in [7, 11) is 1.77. The quantitative estimate of drug-likeness (QED) is 0.292. The number of carboxylic acid groups (broad SMARTS) is 1. The number of carbonyl (C=O) groups is 1. The van der Waals surface area contributed by atoms with E-state index in [1.807, 2.05) is 0 Å². The Hall–Kier alpha value is -1.55. The highest BCUT2D eigenvalue weighted by atomic mass is 16.5. The van der Waals surface area contributed by atoms with E-state index in [1.54, 1.807) is 12.7 Å². The lowest BCUT2D eigenvalue weighted by molar-refractivity contribution is -0.137. The van der Waals surface area contributed by atoms with Crippen molar-refractivity contribution in [2.45, 2.75) is 128 Å². The minimum atomic E-state index is -0.669. The molecule has 1 aromatic rings. The molecule has 200 valence electrons. The van der Waals surface area contributed by atoms with Crippen LogP contribution in [-0.4, -0.2) is 28.9 Å². The standard InChI is InChI=1S/C32H48O4/c1-30-22-24(11-9-7-5-3-4-6-8-10-12-28(33)34)29-26-15-14-25(36-2)21-23(26)13-16-27(29)31(30)17-19-32(30,35)20-18-31/h14-15,21,24,27,29,35H,3-13,16-20,22H2,1-2H3,(H,33,34)/t24-,27?,29?,30-,31?,32?/m0/s1. The lowest BCUT2D eigenvalue weighted by atomic mass is 9.45. The molecule has 0 radical (unpaired) electrons. The number of unbranched alkanes of at least 4 members (excludes halogenated alkanes) is 7. The van der Waals surface area contributed by atoms with Crippen molar-refractivity contribution in [2.75, 3.05) is 7.11 Å². The van der Waals surface area contributed by atoms with Crippen LogP contribution in [0.15, 0.2) is 18.2 Å². The summed E-state index contributed by atoms with van der Waals surface area (Å²) in [4.78, 5) is 10.6. The molecule has 0 heterocycles. The van der Waals surface area contributed by atoms with Gasteiger partial charge in [0, 0.05) is 11.8 Å². The fourth-order valence-corrected chi connectivity index (χ4v) is 9.69. The zero-order valence-electron chi connectivity index (χ0n) is 22.7. The molecule has 4 aliphatic rings. The Bertz CT molecular complexity index is 930. The Morgan fingerprint density at radius 1 is 1.00 bits per heavy atom. The Morgan fingerprint density at radius 2 is 1.67 bits per heavy atom. The van der Waals surface area contributed by atoms with Gasteiger partial charge in [-0.3, -0.25) is 4.79 Å². The van der Waals surface area contributed by atoms with Gasteiger partial charge in [0.1, 0.15) is 5.75 Å². The second kappa shape index (κ2) is 10.3. The highest BCUT2D eigenvalue weighted by Gasteiger charge is 2.74. The van der Waals surface area contributed by atoms with Crippen LogP contribution in [0.5, 0.6) is 5.75 Å². The molecule has 1 aromatic carbocycles. The minimum absolute atomic E-state index is 0.0890. The minimum Gasteiger partial charge on any atom is -0.497 e. The fourth-order valence-electron chi connectivity index (χ4n) is 9.69. The summed E-state index contributed by atoms with van der Waals surface area (Å²) in [6, 6.07) is 6.86. The largest absolute Gasteiger partial charge is 0.497 e. The molecule has 3 fully saturated rings. The van der Waals surface area contributed by atoms with E-state index in [0.29, 0.717) is 29.6 Å². The molecule has 4 heteroatoms. The van der Waals surface area contributed by atoms with Gasteiger partial charge in [-0.15, -0.1) is 0 Å². The van der Waals surface area contributed by atoms with Crippen molar-refractivity contribution in [1.82, 2.24) is 0 Å². The molecule has 3 saturated carbocycles. The van der Waals surface area contributed by atoms with Crippen LogP contribution in [-0.2, 0) is 11.2 Å². The molecule has 0 saturated heterocycles. The number of carboxylic acids is 1. The van der Waals surface area contributed by atoms with Crippen molar-refractivity contribution in [2.24, 2.45) is 22.7 Å². The number of aryl methyl sites for hydroxylation is 1. The van der Waals surface area contributed by atoms with Crippen LogP contribution in [0.4, 0.5) is 0 Å². The summed E-state index contributed by atoms with van der Waals surface area (Å²) in [5.41, 5.74) is 3.09. The summed E-state index contributed by atoms with van der Waals surface area (Å²) in [6.07, 6.45) is 19.1. The SMILES string of the molecule is COc1ccc2c(c1)CCC1C2[C@@H](CCCCCCCCCCC(=O)O)C[C@]2(C)C3(O)CCC12CC3. The average molecular weight is 497 g/mol. The van der Waals surface area contributed by atoms with Gasteiger partial charge in [-0.05, 0) is 104 Å². The predicted molar refractivity (Wildman–Crippen MR) is 143 cm³/mol. The van der Waals surface area contributed by atoms with Crippen LogP contribution in [0.2, 0.25) is 0 Å². The van der Waals surface area contributed by atoms with E-state index in [4.69, 9.17) is 9.84 Å². The molecule has 0 aliphatic heterocycles. The molecule has 36 heavy (non-hydrogen) atoms. The number of aliphatic hydroxyl groups is 1. The number of ether oxygens (including phenoxy) is 1. The number of hydrogen-bond acceptors (Lipinski definition) is 3. The van der Waals surface area contributed by atoms with Gasteiger partial charge in [0.15, 0.2) is 0 Å². The summed E-state index contributed by atoms with van der Waals surface area (Å²) >= 11 is 0. The van der Waals surface area contributed by atoms with Gasteiger partial charge in [-0.25, -0.2) is 0 Å². The Balaban J connectivity index is 1.24. The van der Waals surface area contributed by atoms with Crippen molar-refractivity contribution < 1.29 is 19.7 Å². The molecule has 2 bridgehead atoms. The van der Waals surface area contributed by atoms with E-state index in [0.717, 1.165) is 37.9 Å². The number of methoxy groups -OCH3 is 1. The van der Waals surface area contributed by atoms with Crippen LogP contribution in [0.3, 0.4) is 0 Å². The highest BCUT2D eigenvalue weighted by Crippen LogP contribution is 2.78. The van der Waals surface area contributed by atoms with Crippen molar-refractivity contribution in [1.29, 1.82) is 0 Å². The number of benzene rings is 1. The molecule has 2 N–H and O–H groups in total. The van der Waals surface area contributed by atoms with Gasteiger partial charge in [0.25, 0.3) is 0 Å². The number of rotatable bonds is 12. The second-order valence-corrected chi connectivity index (χ2v) is 13.0. The molecule has 5 rings (SSSR count). The first-order chi connectivity index (χ1) is 17.3. The zero-order chi connectivity index (χ0) is 25.4. The smallest absolute Gasteiger partial charge is 0.303 e. The first-order valence-corrected chi connectivity index (χ1v) is 14.9. The molecule has 4 atom stereocenters. The topological polar surface area (TPSA) is 66.8 Å². The van der Waals surface area contributed by atoms with Gasteiger partial charge >= 0.3 is 5.97 Å². The van der Waals surface area contributed by atoms with Crippen LogP contribution in [0.25, 0.3) is 0 Å². The lowest BCUT2D eigenvalue weighted by Crippen LogP contribution is -2.54. The maximum absolute atomic E-state index is 11.8. The van der Waals surface area contributed by atoms with Gasteiger partial charge in [-0.2, -0.15) is 0 Å². The Kier molecular flexibility index (Phi) is 7.47. The van der Waals surface area contributed by atoms with Crippen LogP contribution in [0, 0.1) is 22.7 Å². The summed E-state index contributed by atoms with van der Waals surface area (Å²) in [6.45, 7) is 2.48. The molecule has 0 aromatic heterocycles. The normalized spacial score (nSPS) is 36.2.